The molecule has 164 valence electrons. The van der Waals surface area contributed by atoms with Gasteiger partial charge in [-0.05, 0) is 49.7 Å². The first kappa shape index (κ1) is 23.5. The summed E-state index contributed by atoms with van der Waals surface area (Å²) < 4.78 is 43.0. The first-order chi connectivity index (χ1) is 14.3. The number of nitrogens with one attached hydrogen (secondary N) is 1. The standard InChI is InChI=1S/C21H28N2O6S/c1-6-23(30(25,26)17-9-11-18(29-7-2)15(3)12-17)14-21(24)22-16-8-10-19(27-4)20(13-16)28-5/h8-13H,6-7,14H2,1-5H3,(H,22,24). The topological polar surface area (TPSA) is 94.2 Å². The number of aryl methyl sites for hydroxylation is 1. The van der Waals surface area contributed by atoms with Gasteiger partial charge in [-0.1, -0.05) is 6.92 Å². The van der Waals surface area contributed by atoms with Crippen LogP contribution in [-0.4, -0.2) is 52.5 Å². The summed E-state index contributed by atoms with van der Waals surface area (Å²) in [5, 5.41) is 2.69. The van der Waals surface area contributed by atoms with Crippen molar-refractivity contribution in [2.24, 2.45) is 0 Å². The smallest absolute Gasteiger partial charge is 0.243 e. The van der Waals surface area contributed by atoms with E-state index in [9.17, 15) is 13.2 Å². The molecule has 30 heavy (non-hydrogen) atoms. The molecule has 0 bridgehead atoms. The molecule has 0 saturated heterocycles. The number of hydrogen-bond acceptors (Lipinski definition) is 6. The molecule has 0 fully saturated rings. The van der Waals surface area contributed by atoms with Crippen molar-refractivity contribution < 1.29 is 27.4 Å². The number of carbonyl (C=O) groups is 1. The molecule has 0 aromatic heterocycles. The van der Waals surface area contributed by atoms with Crippen LogP contribution in [0.1, 0.15) is 19.4 Å². The average molecular weight is 437 g/mol. The zero-order valence-corrected chi connectivity index (χ0v) is 18.7. The van der Waals surface area contributed by atoms with Crippen LogP contribution in [0.3, 0.4) is 0 Å². The Morgan fingerprint density at radius 1 is 1.00 bits per heavy atom. The lowest BCUT2D eigenvalue weighted by molar-refractivity contribution is -0.116. The number of benzene rings is 2. The van der Waals surface area contributed by atoms with Crippen LogP contribution >= 0.6 is 0 Å². The number of likely N-dealkylation sites (N-methyl/N-ethyl adjacent to an activating group) is 1. The van der Waals surface area contributed by atoms with Gasteiger partial charge in [0, 0.05) is 18.3 Å². The largest absolute Gasteiger partial charge is 0.494 e. The number of rotatable bonds is 10. The van der Waals surface area contributed by atoms with Crippen molar-refractivity contribution in [1.82, 2.24) is 4.31 Å². The van der Waals surface area contributed by atoms with Gasteiger partial charge in [0.2, 0.25) is 15.9 Å². The summed E-state index contributed by atoms with van der Waals surface area (Å²) in [7, 11) is -0.834. The molecule has 1 amide bonds. The minimum atomic E-state index is -3.84. The quantitative estimate of drug-likeness (QED) is 0.615. The number of methoxy groups -OCH3 is 2. The number of ether oxygens (including phenoxy) is 3. The Morgan fingerprint density at radius 2 is 1.67 bits per heavy atom. The monoisotopic (exact) mass is 436 g/mol. The van der Waals surface area contributed by atoms with Crippen molar-refractivity contribution >= 4 is 21.6 Å². The lowest BCUT2D eigenvalue weighted by Gasteiger charge is -2.21. The molecule has 0 saturated carbocycles. The van der Waals surface area contributed by atoms with Crippen molar-refractivity contribution in [1.29, 1.82) is 0 Å². The van der Waals surface area contributed by atoms with E-state index in [1.807, 2.05) is 6.92 Å². The Labute approximate surface area is 177 Å². The minimum Gasteiger partial charge on any atom is -0.494 e. The molecule has 9 heteroatoms. The van der Waals surface area contributed by atoms with Crippen LogP contribution < -0.4 is 19.5 Å². The molecule has 2 aromatic rings. The fraction of sp³-hybridized carbons (Fsp3) is 0.381. The van der Waals surface area contributed by atoms with E-state index in [4.69, 9.17) is 14.2 Å². The van der Waals surface area contributed by atoms with Crippen LogP contribution in [0.25, 0.3) is 0 Å². The summed E-state index contributed by atoms with van der Waals surface area (Å²) >= 11 is 0. The van der Waals surface area contributed by atoms with Crippen LogP contribution in [0.2, 0.25) is 0 Å². The third-order valence-electron chi connectivity index (χ3n) is 4.42. The maximum atomic E-state index is 13.0. The van der Waals surface area contributed by atoms with E-state index in [2.05, 4.69) is 5.32 Å². The first-order valence-electron chi connectivity index (χ1n) is 9.52. The normalized spacial score (nSPS) is 11.3. The Balaban J connectivity index is 2.17. The summed E-state index contributed by atoms with van der Waals surface area (Å²) in [4.78, 5) is 12.6. The molecule has 8 nitrogen and oxygen atoms in total. The van der Waals surface area contributed by atoms with Crippen molar-refractivity contribution in [3.8, 4) is 17.2 Å². The van der Waals surface area contributed by atoms with E-state index in [-0.39, 0.29) is 18.0 Å². The molecule has 0 aliphatic carbocycles. The van der Waals surface area contributed by atoms with E-state index < -0.39 is 15.9 Å². The lowest BCUT2D eigenvalue weighted by Crippen LogP contribution is -2.37. The van der Waals surface area contributed by atoms with Gasteiger partial charge in [0.25, 0.3) is 0 Å². The second-order valence-corrected chi connectivity index (χ2v) is 8.35. The number of amides is 1. The zero-order valence-electron chi connectivity index (χ0n) is 17.9. The summed E-state index contributed by atoms with van der Waals surface area (Å²) in [6.07, 6.45) is 0. The van der Waals surface area contributed by atoms with Gasteiger partial charge in [-0.25, -0.2) is 8.42 Å². The van der Waals surface area contributed by atoms with Crippen LogP contribution in [0.4, 0.5) is 5.69 Å². The molecule has 0 aliphatic rings. The molecular formula is C21H28N2O6S. The van der Waals surface area contributed by atoms with Crippen molar-refractivity contribution in [2.45, 2.75) is 25.7 Å². The molecule has 0 radical (unpaired) electrons. The summed E-state index contributed by atoms with van der Waals surface area (Å²) in [5.74, 6) is 1.15. The van der Waals surface area contributed by atoms with Gasteiger partial charge >= 0.3 is 0 Å². The molecule has 0 atom stereocenters. The highest BCUT2D eigenvalue weighted by Gasteiger charge is 2.26. The minimum absolute atomic E-state index is 0.115. The van der Waals surface area contributed by atoms with Gasteiger partial charge in [0.05, 0.1) is 32.3 Å². The lowest BCUT2D eigenvalue weighted by atomic mass is 10.2. The summed E-state index contributed by atoms with van der Waals surface area (Å²) in [6, 6.07) is 9.59. The Morgan fingerprint density at radius 3 is 2.23 bits per heavy atom. The number of carbonyl (C=O) groups excluding carboxylic acids is 1. The highest BCUT2D eigenvalue weighted by atomic mass is 32.2. The first-order valence-corrected chi connectivity index (χ1v) is 11.0. The van der Waals surface area contributed by atoms with Crippen molar-refractivity contribution in [3.63, 3.8) is 0 Å². The fourth-order valence-electron chi connectivity index (χ4n) is 2.89. The molecule has 2 aromatic carbocycles. The van der Waals surface area contributed by atoms with Gasteiger partial charge in [-0.15, -0.1) is 0 Å². The van der Waals surface area contributed by atoms with Crippen LogP contribution in [0.15, 0.2) is 41.3 Å². The summed E-state index contributed by atoms with van der Waals surface area (Å²) in [6.45, 7) is 5.64. The Bertz CT molecular complexity index is 991. The number of sulfonamides is 1. The van der Waals surface area contributed by atoms with Crippen molar-refractivity contribution in [3.05, 3.63) is 42.0 Å². The third kappa shape index (κ3) is 5.43. The highest BCUT2D eigenvalue weighted by Crippen LogP contribution is 2.30. The SMILES string of the molecule is CCOc1ccc(S(=O)(=O)N(CC)CC(=O)Nc2ccc(OC)c(OC)c2)cc1C. The van der Waals surface area contributed by atoms with Crippen LogP contribution in [-0.2, 0) is 14.8 Å². The van der Waals surface area contributed by atoms with Gasteiger partial charge in [-0.2, -0.15) is 4.31 Å². The molecule has 0 unspecified atom stereocenters. The molecule has 2 rings (SSSR count). The molecule has 0 aliphatic heterocycles. The van der Waals surface area contributed by atoms with Gasteiger partial charge < -0.3 is 19.5 Å². The van der Waals surface area contributed by atoms with E-state index in [0.29, 0.717) is 35.1 Å². The average Bonchev–Trinajstić information content (AvgIpc) is 2.73. The van der Waals surface area contributed by atoms with Crippen LogP contribution in [0, 0.1) is 6.92 Å². The highest BCUT2D eigenvalue weighted by molar-refractivity contribution is 7.89. The van der Waals surface area contributed by atoms with Gasteiger partial charge in [-0.3, -0.25) is 4.79 Å². The molecular weight excluding hydrogens is 408 g/mol. The zero-order chi connectivity index (χ0) is 22.3. The third-order valence-corrected chi connectivity index (χ3v) is 6.34. The number of hydrogen-bond donors (Lipinski definition) is 1. The predicted molar refractivity (Wildman–Crippen MR) is 115 cm³/mol. The Hall–Kier alpha value is -2.78. The fourth-order valence-corrected chi connectivity index (χ4v) is 4.38. The number of anilines is 1. The Kier molecular flexibility index (Phi) is 8.08. The number of nitrogens with zero attached hydrogens (tertiary/aromatic N) is 1. The van der Waals surface area contributed by atoms with E-state index >= 15 is 0 Å². The summed E-state index contributed by atoms with van der Waals surface area (Å²) in [5.41, 5.74) is 1.19. The van der Waals surface area contributed by atoms with E-state index in [1.54, 1.807) is 44.2 Å². The maximum absolute atomic E-state index is 13.0. The van der Waals surface area contributed by atoms with E-state index in [0.717, 1.165) is 4.31 Å². The van der Waals surface area contributed by atoms with Crippen LogP contribution in [0.5, 0.6) is 17.2 Å². The molecule has 1 N–H and O–H groups in total. The second kappa shape index (κ2) is 10.3. The molecule has 0 heterocycles. The molecule has 0 spiro atoms. The maximum Gasteiger partial charge on any atom is 0.243 e. The van der Waals surface area contributed by atoms with E-state index in [1.165, 1.54) is 20.3 Å². The van der Waals surface area contributed by atoms with Gasteiger partial charge in [0.15, 0.2) is 11.5 Å². The second-order valence-electron chi connectivity index (χ2n) is 6.41. The van der Waals surface area contributed by atoms with Gasteiger partial charge in [0.1, 0.15) is 5.75 Å². The van der Waals surface area contributed by atoms with Crippen molar-refractivity contribution in [2.75, 3.05) is 39.2 Å². The predicted octanol–water partition coefficient (Wildman–Crippen LogP) is 3.06.